The average Bonchev–Trinajstić information content (AvgIpc) is 2.98. The van der Waals surface area contributed by atoms with Gasteiger partial charge in [0, 0.05) is 19.6 Å². The van der Waals surface area contributed by atoms with Gasteiger partial charge in [-0.2, -0.15) is 0 Å². The molecule has 0 atom stereocenters. The summed E-state index contributed by atoms with van der Waals surface area (Å²) in [5.41, 5.74) is 0.101. The number of urea groups is 1. The van der Waals surface area contributed by atoms with E-state index in [0.29, 0.717) is 6.54 Å². The molecule has 3 amide bonds. The van der Waals surface area contributed by atoms with E-state index in [1.807, 2.05) is 0 Å². The number of imide groups is 1. The van der Waals surface area contributed by atoms with Gasteiger partial charge in [-0.3, -0.25) is 9.69 Å². The van der Waals surface area contributed by atoms with Crippen molar-refractivity contribution in [3.8, 4) is 0 Å². The van der Waals surface area contributed by atoms with E-state index in [4.69, 9.17) is 4.74 Å². The fourth-order valence-corrected chi connectivity index (χ4v) is 3.08. The number of ether oxygens (including phenoxy) is 1. The van der Waals surface area contributed by atoms with Crippen LogP contribution in [0.15, 0.2) is 29.2 Å². The molecular weight excluding hydrogens is 338 g/mol. The van der Waals surface area contributed by atoms with Crippen molar-refractivity contribution in [3.63, 3.8) is 0 Å². The summed E-state index contributed by atoms with van der Waals surface area (Å²) in [5.74, 6) is -1.40. The Kier molecular flexibility index (Phi) is 5.52. The van der Waals surface area contributed by atoms with Gasteiger partial charge >= 0.3 is 12.0 Å². The largest absolute Gasteiger partial charge is 0.452 e. The van der Waals surface area contributed by atoms with Gasteiger partial charge in [0.25, 0.3) is 5.91 Å². The molecule has 9 nitrogen and oxygen atoms in total. The summed E-state index contributed by atoms with van der Waals surface area (Å²) in [4.78, 5) is 35.9. The fraction of sp³-hybridized carbons (Fsp3) is 0.357. The Balaban J connectivity index is 1.95. The second kappa shape index (κ2) is 7.41. The van der Waals surface area contributed by atoms with Crippen molar-refractivity contribution in [1.29, 1.82) is 0 Å². The molecule has 1 saturated heterocycles. The standard InChI is InChI=1S/C14H17N3O6S/c1-2-16-24(21,22)11-5-3-10(4-6-11)13(19)23-9-12(18)17-8-7-15-14(17)20/h3-6,16H,2,7-9H2,1H3,(H,15,20). The monoisotopic (exact) mass is 355 g/mol. The van der Waals surface area contributed by atoms with E-state index >= 15 is 0 Å². The molecule has 1 heterocycles. The van der Waals surface area contributed by atoms with Gasteiger partial charge in [0.15, 0.2) is 6.61 Å². The van der Waals surface area contributed by atoms with Crippen LogP contribution in [0, 0.1) is 0 Å². The fourth-order valence-electron chi connectivity index (χ4n) is 2.04. The van der Waals surface area contributed by atoms with Gasteiger partial charge in [-0.25, -0.2) is 22.7 Å². The Bertz CT molecular complexity index is 744. The Morgan fingerprint density at radius 3 is 2.50 bits per heavy atom. The number of carbonyl (C=O) groups is 3. The third-order valence-electron chi connectivity index (χ3n) is 3.22. The smallest absolute Gasteiger partial charge is 0.338 e. The van der Waals surface area contributed by atoms with Crippen molar-refractivity contribution in [2.45, 2.75) is 11.8 Å². The summed E-state index contributed by atoms with van der Waals surface area (Å²) in [6.45, 7) is 1.93. The van der Waals surface area contributed by atoms with E-state index in [1.54, 1.807) is 6.92 Å². The van der Waals surface area contributed by atoms with Crippen LogP contribution in [0.4, 0.5) is 4.79 Å². The number of amides is 3. The average molecular weight is 355 g/mol. The van der Waals surface area contributed by atoms with Crippen LogP contribution in [0.25, 0.3) is 0 Å². The normalized spacial score (nSPS) is 14.4. The van der Waals surface area contributed by atoms with Gasteiger partial charge < -0.3 is 10.1 Å². The molecule has 0 radical (unpaired) electrons. The summed E-state index contributed by atoms with van der Waals surface area (Å²) in [6, 6.07) is 4.60. The first-order valence-corrected chi connectivity index (χ1v) is 8.68. The Hall–Kier alpha value is -2.46. The maximum absolute atomic E-state index is 11.9. The number of nitrogens with zero attached hydrogens (tertiary/aromatic N) is 1. The maximum atomic E-state index is 11.9. The first-order chi connectivity index (χ1) is 11.3. The summed E-state index contributed by atoms with van der Waals surface area (Å²) in [5, 5.41) is 2.46. The van der Waals surface area contributed by atoms with Gasteiger partial charge in [0.05, 0.1) is 10.5 Å². The quantitative estimate of drug-likeness (QED) is 0.675. The van der Waals surface area contributed by atoms with Crippen molar-refractivity contribution in [1.82, 2.24) is 14.9 Å². The zero-order valence-corrected chi connectivity index (χ0v) is 13.8. The van der Waals surface area contributed by atoms with Crippen LogP contribution in [0.1, 0.15) is 17.3 Å². The molecule has 0 spiro atoms. The number of esters is 1. The zero-order valence-electron chi connectivity index (χ0n) is 12.9. The number of hydrogen-bond acceptors (Lipinski definition) is 6. The predicted octanol–water partition coefficient (Wildman–Crippen LogP) is -0.307. The van der Waals surface area contributed by atoms with Gasteiger partial charge in [-0.15, -0.1) is 0 Å². The van der Waals surface area contributed by atoms with Crippen LogP contribution in [0.3, 0.4) is 0 Å². The van der Waals surface area contributed by atoms with Crippen LogP contribution in [-0.4, -0.2) is 57.5 Å². The van der Waals surface area contributed by atoms with E-state index < -0.39 is 34.5 Å². The van der Waals surface area contributed by atoms with E-state index in [0.717, 1.165) is 4.90 Å². The van der Waals surface area contributed by atoms with Crippen LogP contribution in [0.2, 0.25) is 0 Å². The molecule has 1 aromatic rings. The molecule has 1 aromatic carbocycles. The van der Waals surface area contributed by atoms with Crippen molar-refractivity contribution in [3.05, 3.63) is 29.8 Å². The highest BCUT2D eigenvalue weighted by molar-refractivity contribution is 7.89. The number of carbonyl (C=O) groups excluding carboxylic acids is 3. The summed E-state index contributed by atoms with van der Waals surface area (Å²) in [7, 11) is -3.60. The van der Waals surface area contributed by atoms with Gasteiger partial charge in [0.2, 0.25) is 10.0 Å². The third-order valence-corrected chi connectivity index (χ3v) is 4.78. The first-order valence-electron chi connectivity index (χ1n) is 7.20. The van der Waals surface area contributed by atoms with Crippen LogP contribution >= 0.6 is 0 Å². The van der Waals surface area contributed by atoms with E-state index in [1.165, 1.54) is 24.3 Å². The minimum Gasteiger partial charge on any atom is -0.452 e. The Morgan fingerprint density at radius 1 is 1.29 bits per heavy atom. The number of sulfonamides is 1. The van der Waals surface area contributed by atoms with Crippen molar-refractivity contribution < 1.29 is 27.5 Å². The lowest BCUT2D eigenvalue weighted by atomic mass is 10.2. The first kappa shape index (κ1) is 17.9. The van der Waals surface area contributed by atoms with Gasteiger partial charge in [-0.05, 0) is 24.3 Å². The van der Waals surface area contributed by atoms with Gasteiger partial charge in [-0.1, -0.05) is 6.92 Å². The molecule has 10 heteroatoms. The highest BCUT2D eigenvalue weighted by Crippen LogP contribution is 2.11. The van der Waals surface area contributed by atoms with Gasteiger partial charge in [0.1, 0.15) is 0 Å². The third kappa shape index (κ3) is 4.09. The summed E-state index contributed by atoms with van der Waals surface area (Å²) >= 11 is 0. The van der Waals surface area contributed by atoms with E-state index in [9.17, 15) is 22.8 Å². The Labute approximate surface area is 139 Å². The molecule has 1 aliphatic rings. The highest BCUT2D eigenvalue weighted by atomic mass is 32.2. The Morgan fingerprint density at radius 2 is 1.96 bits per heavy atom. The predicted molar refractivity (Wildman–Crippen MR) is 82.7 cm³/mol. The molecule has 130 valence electrons. The topological polar surface area (TPSA) is 122 Å². The second-order valence-electron chi connectivity index (χ2n) is 4.88. The number of nitrogens with one attached hydrogen (secondary N) is 2. The molecule has 1 aliphatic heterocycles. The number of hydrogen-bond donors (Lipinski definition) is 2. The molecular formula is C14H17N3O6S. The lowest BCUT2D eigenvalue weighted by molar-refractivity contribution is -0.130. The minimum absolute atomic E-state index is 0.0192. The van der Waals surface area contributed by atoms with Crippen LogP contribution in [0.5, 0.6) is 0 Å². The van der Waals surface area contributed by atoms with Crippen molar-refractivity contribution >= 4 is 27.9 Å². The molecule has 2 rings (SSSR count). The lowest BCUT2D eigenvalue weighted by Crippen LogP contribution is -2.37. The van der Waals surface area contributed by atoms with Crippen molar-refractivity contribution in [2.75, 3.05) is 26.2 Å². The molecule has 1 fully saturated rings. The second-order valence-corrected chi connectivity index (χ2v) is 6.65. The van der Waals surface area contributed by atoms with Crippen molar-refractivity contribution in [2.24, 2.45) is 0 Å². The molecule has 0 aliphatic carbocycles. The lowest BCUT2D eigenvalue weighted by Gasteiger charge is -2.12. The van der Waals surface area contributed by atoms with Crippen LogP contribution < -0.4 is 10.0 Å². The van der Waals surface area contributed by atoms with Crippen LogP contribution in [-0.2, 0) is 19.6 Å². The van der Waals surface area contributed by atoms with E-state index in [-0.39, 0.29) is 23.5 Å². The molecule has 0 unspecified atom stereocenters. The minimum atomic E-state index is -3.60. The SMILES string of the molecule is CCNS(=O)(=O)c1ccc(C(=O)OCC(=O)N2CCNC2=O)cc1. The zero-order chi connectivity index (χ0) is 17.7. The molecule has 24 heavy (non-hydrogen) atoms. The molecule has 0 saturated carbocycles. The molecule has 0 bridgehead atoms. The van der Waals surface area contributed by atoms with E-state index in [2.05, 4.69) is 10.0 Å². The summed E-state index contributed by atoms with van der Waals surface area (Å²) < 4.78 is 30.8. The maximum Gasteiger partial charge on any atom is 0.338 e. The number of rotatable bonds is 6. The highest BCUT2D eigenvalue weighted by Gasteiger charge is 2.26. The summed E-state index contributed by atoms with van der Waals surface area (Å²) in [6.07, 6.45) is 0. The molecule has 0 aromatic heterocycles. The molecule has 2 N–H and O–H groups in total. The number of benzene rings is 1.